The van der Waals surface area contributed by atoms with Gasteiger partial charge in [0.2, 0.25) is 0 Å². The zero-order chi connectivity index (χ0) is 24.8. The first-order valence-corrected chi connectivity index (χ1v) is 13.6. The van der Waals surface area contributed by atoms with Crippen molar-refractivity contribution < 1.29 is 18.3 Å². The smallest absolute Gasteiger partial charge is 0.330 e. The number of hydrogen-bond acceptors (Lipinski definition) is 9. The summed E-state index contributed by atoms with van der Waals surface area (Å²) in [6.45, 7) is 8.12. The lowest BCUT2D eigenvalue weighted by molar-refractivity contribution is 0.0985. The molecule has 186 valence electrons. The van der Waals surface area contributed by atoms with Gasteiger partial charge >= 0.3 is 7.60 Å². The van der Waals surface area contributed by atoms with E-state index in [1.54, 1.807) is 26.2 Å². The molecule has 3 aromatic rings. The maximum Gasteiger partial charge on any atom is 0.330 e. The number of morpholine rings is 1. The van der Waals surface area contributed by atoms with Crippen LogP contribution in [-0.4, -0.2) is 65.3 Å². The van der Waals surface area contributed by atoms with Crippen molar-refractivity contribution in [1.82, 2.24) is 20.2 Å². The molecule has 1 fully saturated rings. The van der Waals surface area contributed by atoms with Crippen molar-refractivity contribution >= 4 is 24.3 Å². The highest BCUT2D eigenvalue weighted by molar-refractivity contribution is 7.53. The predicted octanol–water partition coefficient (Wildman–Crippen LogP) is 4.51. The van der Waals surface area contributed by atoms with Gasteiger partial charge in [0.05, 0.1) is 56.3 Å². The fourth-order valence-corrected chi connectivity index (χ4v) is 6.08. The molecule has 0 radical (unpaired) electrons. The minimum absolute atomic E-state index is 0.130. The standard InChI is InChI=1S/C24H31N6O4P/c1-4-33-35(31,34-5-2)13-8-18(15-25)20-14-22(30-11-12-32-16-17(30)3)28-23-19(20)6-9-26-24(23)21-7-10-27-29-21/h6-7,9-10,14,17-18H,4-5,8,11-13,16H2,1-3H3,(H,27,29)/t17-,18?/m1/s1. The molecule has 1 aliphatic heterocycles. The molecule has 10 nitrogen and oxygen atoms in total. The zero-order valence-corrected chi connectivity index (χ0v) is 21.2. The number of fused-ring (bicyclic) bond motifs is 1. The summed E-state index contributed by atoms with van der Waals surface area (Å²) in [4.78, 5) is 11.8. The highest BCUT2D eigenvalue weighted by atomic mass is 31.2. The monoisotopic (exact) mass is 498 g/mol. The van der Waals surface area contributed by atoms with E-state index < -0.39 is 13.5 Å². The minimum atomic E-state index is -3.28. The Kier molecular flexibility index (Phi) is 8.14. The summed E-state index contributed by atoms with van der Waals surface area (Å²) in [5, 5.41) is 18.0. The number of nitriles is 1. The molecule has 0 aromatic carbocycles. The van der Waals surface area contributed by atoms with Gasteiger partial charge in [-0.05, 0) is 51.0 Å². The van der Waals surface area contributed by atoms with Crippen molar-refractivity contribution in [2.45, 2.75) is 39.2 Å². The van der Waals surface area contributed by atoms with E-state index in [0.29, 0.717) is 37.4 Å². The van der Waals surface area contributed by atoms with Crippen molar-refractivity contribution in [3.05, 3.63) is 36.2 Å². The third-order valence-corrected chi connectivity index (χ3v) is 8.15. The summed E-state index contributed by atoms with van der Waals surface area (Å²) < 4.78 is 29.6. The first-order valence-electron chi connectivity index (χ1n) is 11.9. The van der Waals surface area contributed by atoms with Gasteiger partial charge < -0.3 is 18.7 Å². The highest BCUT2D eigenvalue weighted by Crippen LogP contribution is 2.50. The highest BCUT2D eigenvalue weighted by Gasteiger charge is 2.29. The molecule has 1 unspecified atom stereocenters. The number of anilines is 1. The van der Waals surface area contributed by atoms with Gasteiger partial charge in [-0.3, -0.25) is 14.6 Å². The van der Waals surface area contributed by atoms with Crippen LogP contribution in [0.15, 0.2) is 30.6 Å². The van der Waals surface area contributed by atoms with Crippen molar-refractivity contribution in [3.63, 3.8) is 0 Å². The molecule has 1 saturated heterocycles. The number of rotatable bonds is 10. The number of hydrogen-bond donors (Lipinski definition) is 1. The Hall–Kier alpha value is -2.83. The van der Waals surface area contributed by atoms with E-state index in [-0.39, 0.29) is 25.4 Å². The summed E-state index contributed by atoms with van der Waals surface area (Å²) >= 11 is 0. The van der Waals surface area contributed by atoms with Crippen LogP contribution in [0.3, 0.4) is 0 Å². The number of ether oxygens (including phenoxy) is 1. The summed E-state index contributed by atoms with van der Waals surface area (Å²) in [6, 6.07) is 8.24. The van der Waals surface area contributed by atoms with E-state index in [0.717, 1.165) is 22.5 Å². The van der Waals surface area contributed by atoms with Crippen LogP contribution in [0.4, 0.5) is 5.82 Å². The molecule has 1 N–H and O–H groups in total. The second-order valence-electron chi connectivity index (χ2n) is 8.35. The molecule has 0 spiro atoms. The number of H-pyrrole nitrogens is 1. The third kappa shape index (κ3) is 5.54. The fraction of sp³-hybridized carbons (Fsp3) is 0.500. The molecule has 4 heterocycles. The second kappa shape index (κ2) is 11.3. The second-order valence-corrected chi connectivity index (χ2v) is 10.5. The predicted molar refractivity (Wildman–Crippen MR) is 133 cm³/mol. The van der Waals surface area contributed by atoms with Crippen molar-refractivity contribution in [2.75, 3.05) is 44.0 Å². The van der Waals surface area contributed by atoms with Gasteiger partial charge in [0, 0.05) is 24.3 Å². The van der Waals surface area contributed by atoms with E-state index in [9.17, 15) is 9.83 Å². The summed E-state index contributed by atoms with van der Waals surface area (Å²) in [7, 11) is -3.28. The lowest BCUT2D eigenvalue weighted by Gasteiger charge is -2.35. The van der Waals surface area contributed by atoms with Crippen molar-refractivity contribution in [2.24, 2.45) is 0 Å². The molecule has 0 aliphatic carbocycles. The van der Waals surface area contributed by atoms with Crippen LogP contribution in [0.2, 0.25) is 0 Å². The van der Waals surface area contributed by atoms with Crippen molar-refractivity contribution in [1.29, 1.82) is 5.26 Å². The van der Waals surface area contributed by atoms with E-state index >= 15 is 0 Å². The van der Waals surface area contributed by atoms with Gasteiger partial charge in [-0.1, -0.05) is 0 Å². The maximum atomic E-state index is 13.1. The van der Waals surface area contributed by atoms with Gasteiger partial charge in [0.15, 0.2) is 0 Å². The molecule has 0 saturated carbocycles. The van der Waals surface area contributed by atoms with Crippen LogP contribution in [0.5, 0.6) is 0 Å². The molecule has 0 bridgehead atoms. The normalized spacial score (nSPS) is 17.4. The van der Waals surface area contributed by atoms with Crippen LogP contribution in [0.1, 0.15) is 38.7 Å². The third-order valence-electron chi connectivity index (χ3n) is 6.04. The zero-order valence-electron chi connectivity index (χ0n) is 20.3. The van der Waals surface area contributed by atoms with Crippen molar-refractivity contribution in [3.8, 4) is 17.5 Å². The molecule has 0 amide bonds. The number of aromatic amines is 1. The topological polar surface area (TPSA) is 126 Å². The van der Waals surface area contributed by atoms with Gasteiger partial charge in [-0.2, -0.15) is 10.4 Å². The average Bonchev–Trinajstić information content (AvgIpc) is 3.39. The fourth-order valence-electron chi connectivity index (χ4n) is 4.39. The Balaban J connectivity index is 1.81. The Morgan fingerprint density at radius 1 is 1.31 bits per heavy atom. The van der Waals surface area contributed by atoms with Gasteiger partial charge in [0.1, 0.15) is 17.0 Å². The summed E-state index contributed by atoms with van der Waals surface area (Å²) in [5.41, 5.74) is 2.90. The largest absolute Gasteiger partial charge is 0.377 e. The molecular weight excluding hydrogens is 467 g/mol. The minimum Gasteiger partial charge on any atom is -0.377 e. The Morgan fingerprint density at radius 2 is 2.11 bits per heavy atom. The molecule has 2 atom stereocenters. The summed E-state index contributed by atoms with van der Waals surface area (Å²) in [6.07, 6.45) is 3.85. The van der Waals surface area contributed by atoms with E-state index in [1.807, 2.05) is 18.2 Å². The number of aromatic nitrogens is 4. The number of nitrogens with zero attached hydrogens (tertiary/aromatic N) is 5. The van der Waals surface area contributed by atoms with E-state index in [2.05, 4.69) is 33.1 Å². The first kappa shape index (κ1) is 25.3. The summed E-state index contributed by atoms with van der Waals surface area (Å²) in [5.74, 6) is 0.219. The van der Waals surface area contributed by atoms with Crippen LogP contribution in [-0.2, 0) is 18.3 Å². The van der Waals surface area contributed by atoms with Crippen LogP contribution >= 0.6 is 7.60 Å². The van der Waals surface area contributed by atoms with Crippen LogP contribution < -0.4 is 4.90 Å². The quantitative estimate of drug-likeness (QED) is 0.402. The van der Waals surface area contributed by atoms with Gasteiger partial charge in [-0.15, -0.1) is 0 Å². The van der Waals surface area contributed by atoms with Gasteiger partial charge in [-0.25, -0.2) is 4.98 Å². The lowest BCUT2D eigenvalue weighted by Crippen LogP contribution is -2.44. The molecule has 4 rings (SSSR count). The van der Waals surface area contributed by atoms with Crippen LogP contribution in [0.25, 0.3) is 22.3 Å². The van der Waals surface area contributed by atoms with Gasteiger partial charge in [0.25, 0.3) is 0 Å². The van der Waals surface area contributed by atoms with E-state index in [1.165, 1.54) is 0 Å². The average molecular weight is 499 g/mol. The van der Waals surface area contributed by atoms with E-state index in [4.69, 9.17) is 18.8 Å². The molecular formula is C24H31N6O4P. The lowest BCUT2D eigenvalue weighted by atomic mass is 9.94. The SMILES string of the molecule is CCOP(=O)(CCC(C#N)c1cc(N2CCOC[C@H]2C)nc2c(-c3ccn[nH]3)nccc12)OCC. The Bertz CT molecular complexity index is 1220. The molecule has 3 aromatic heterocycles. The Labute approximate surface area is 205 Å². The number of nitrogens with one attached hydrogen (secondary N) is 1. The molecule has 11 heteroatoms. The molecule has 35 heavy (non-hydrogen) atoms. The number of pyridine rings is 2. The van der Waals surface area contributed by atoms with Crippen LogP contribution in [0, 0.1) is 11.3 Å². The first-order chi connectivity index (χ1) is 17.0. The molecule has 1 aliphatic rings. The Morgan fingerprint density at radius 3 is 2.77 bits per heavy atom. The maximum absolute atomic E-state index is 13.1.